The highest BCUT2D eigenvalue weighted by Crippen LogP contribution is 2.21. The first-order valence-corrected chi connectivity index (χ1v) is 7.99. The topological polar surface area (TPSA) is 35.5 Å². The van der Waals surface area contributed by atoms with Gasteiger partial charge in [-0.1, -0.05) is 25.3 Å². The third kappa shape index (κ3) is 4.33. The zero-order chi connectivity index (χ0) is 15.8. The largest absolute Gasteiger partial charge is 0.490 e. The lowest BCUT2D eigenvalue weighted by Crippen LogP contribution is -1.96. The summed E-state index contributed by atoms with van der Waals surface area (Å²) in [5.41, 5.74) is 0. The maximum atomic E-state index is 12.5. The third-order valence-electron chi connectivity index (χ3n) is 2.81. The van der Waals surface area contributed by atoms with Crippen molar-refractivity contribution in [2.24, 2.45) is 0 Å². The molecule has 0 bridgehead atoms. The van der Waals surface area contributed by atoms with E-state index in [-0.39, 0.29) is 0 Å². The van der Waals surface area contributed by atoms with E-state index in [0.717, 1.165) is 21.3 Å². The number of hydrogen-bond donors (Lipinski definition) is 0. The fourth-order valence-electron chi connectivity index (χ4n) is 1.77. The van der Waals surface area contributed by atoms with Crippen LogP contribution in [0.1, 0.15) is 0 Å². The number of ether oxygens (including phenoxy) is 2. The summed E-state index contributed by atoms with van der Waals surface area (Å²) in [5, 5.41) is 0. The van der Waals surface area contributed by atoms with E-state index < -0.39 is 10.8 Å². The van der Waals surface area contributed by atoms with E-state index in [1.165, 1.54) is 0 Å². The SMILES string of the molecule is C=CCOc1ccc(S(=O)c2ccc(OCC=C)cc2)cc1. The van der Waals surface area contributed by atoms with E-state index >= 15 is 0 Å². The highest BCUT2D eigenvalue weighted by Gasteiger charge is 2.07. The second-order valence-electron chi connectivity index (χ2n) is 4.41. The Bertz CT molecular complexity index is 588. The fraction of sp³-hybridized carbons (Fsp3) is 0.111. The minimum Gasteiger partial charge on any atom is -0.490 e. The van der Waals surface area contributed by atoms with Crippen LogP contribution in [-0.2, 0) is 10.8 Å². The molecule has 0 amide bonds. The summed E-state index contributed by atoms with van der Waals surface area (Å²) in [6.07, 6.45) is 3.37. The molecule has 0 aliphatic heterocycles. The maximum absolute atomic E-state index is 12.5. The molecule has 0 unspecified atom stereocenters. The van der Waals surface area contributed by atoms with Gasteiger partial charge in [0.15, 0.2) is 0 Å². The third-order valence-corrected chi connectivity index (χ3v) is 4.21. The summed E-state index contributed by atoms with van der Waals surface area (Å²) in [6.45, 7) is 8.10. The van der Waals surface area contributed by atoms with E-state index in [4.69, 9.17) is 9.47 Å². The lowest BCUT2D eigenvalue weighted by atomic mass is 10.3. The molecular formula is C18H18O3S. The highest BCUT2D eigenvalue weighted by atomic mass is 32.2. The van der Waals surface area contributed by atoms with Crippen LogP contribution in [0.15, 0.2) is 83.6 Å². The van der Waals surface area contributed by atoms with Gasteiger partial charge in [-0.25, -0.2) is 4.21 Å². The molecule has 2 aromatic rings. The van der Waals surface area contributed by atoms with Gasteiger partial charge in [0.05, 0.1) is 10.8 Å². The Morgan fingerprint density at radius 3 is 1.45 bits per heavy atom. The van der Waals surface area contributed by atoms with Gasteiger partial charge in [0.1, 0.15) is 24.7 Å². The van der Waals surface area contributed by atoms with Crippen molar-refractivity contribution in [2.45, 2.75) is 9.79 Å². The maximum Gasteiger partial charge on any atom is 0.119 e. The molecule has 3 nitrogen and oxygen atoms in total. The molecule has 0 N–H and O–H groups in total. The molecule has 2 rings (SSSR count). The zero-order valence-electron chi connectivity index (χ0n) is 12.2. The molecule has 0 saturated carbocycles. The molecule has 114 valence electrons. The Hall–Kier alpha value is -2.33. The number of hydrogen-bond acceptors (Lipinski definition) is 3. The van der Waals surface area contributed by atoms with Gasteiger partial charge in [0.2, 0.25) is 0 Å². The van der Waals surface area contributed by atoms with Crippen LogP contribution < -0.4 is 9.47 Å². The van der Waals surface area contributed by atoms with Gasteiger partial charge in [0.25, 0.3) is 0 Å². The monoisotopic (exact) mass is 314 g/mol. The molecule has 0 spiro atoms. The Balaban J connectivity index is 2.06. The van der Waals surface area contributed by atoms with Crippen LogP contribution >= 0.6 is 0 Å². The number of rotatable bonds is 8. The van der Waals surface area contributed by atoms with Crippen molar-refractivity contribution in [2.75, 3.05) is 13.2 Å². The molecule has 2 aromatic carbocycles. The van der Waals surface area contributed by atoms with Gasteiger partial charge in [-0.3, -0.25) is 0 Å². The molecule has 0 radical (unpaired) electrons. The fourth-order valence-corrected chi connectivity index (χ4v) is 2.80. The number of benzene rings is 2. The van der Waals surface area contributed by atoms with E-state index in [1.807, 2.05) is 0 Å². The van der Waals surface area contributed by atoms with E-state index in [0.29, 0.717) is 13.2 Å². The lowest BCUT2D eigenvalue weighted by Gasteiger charge is -2.07. The average Bonchev–Trinajstić information content (AvgIpc) is 2.58. The smallest absolute Gasteiger partial charge is 0.119 e. The highest BCUT2D eigenvalue weighted by molar-refractivity contribution is 7.85. The van der Waals surface area contributed by atoms with Gasteiger partial charge >= 0.3 is 0 Å². The quantitative estimate of drug-likeness (QED) is 0.691. The van der Waals surface area contributed by atoms with E-state index in [2.05, 4.69) is 13.2 Å². The second kappa shape index (κ2) is 8.20. The standard InChI is InChI=1S/C18H18O3S/c1-3-13-20-15-5-9-17(10-6-15)22(19)18-11-7-16(8-12-18)21-14-4-2/h3-12H,1-2,13-14H2. The summed E-state index contributed by atoms with van der Waals surface area (Å²) in [4.78, 5) is 1.46. The molecule has 0 saturated heterocycles. The minimum absolute atomic E-state index is 0.453. The molecule has 0 heterocycles. The molecular weight excluding hydrogens is 296 g/mol. The van der Waals surface area contributed by atoms with Crippen LogP contribution in [0.2, 0.25) is 0 Å². The molecule has 0 atom stereocenters. The first-order chi connectivity index (χ1) is 10.7. The van der Waals surface area contributed by atoms with Crippen LogP contribution in [0.3, 0.4) is 0 Å². The van der Waals surface area contributed by atoms with Gasteiger partial charge in [-0.2, -0.15) is 0 Å². The van der Waals surface area contributed by atoms with Gasteiger partial charge in [-0.15, -0.1) is 0 Å². The predicted octanol–water partition coefficient (Wildman–Crippen LogP) is 3.98. The van der Waals surface area contributed by atoms with Crippen LogP contribution in [-0.4, -0.2) is 17.4 Å². The van der Waals surface area contributed by atoms with Crippen LogP contribution in [0.5, 0.6) is 11.5 Å². The molecule has 0 aliphatic carbocycles. The van der Waals surface area contributed by atoms with Gasteiger partial charge in [-0.05, 0) is 48.5 Å². The Labute approximate surface area is 133 Å². The predicted molar refractivity (Wildman–Crippen MR) is 88.9 cm³/mol. The average molecular weight is 314 g/mol. The summed E-state index contributed by atoms with van der Waals surface area (Å²) in [5.74, 6) is 1.46. The normalized spacial score (nSPS) is 10.2. The molecule has 0 aromatic heterocycles. The van der Waals surface area contributed by atoms with E-state index in [1.54, 1.807) is 60.7 Å². The van der Waals surface area contributed by atoms with Crippen LogP contribution in [0.4, 0.5) is 0 Å². The molecule has 22 heavy (non-hydrogen) atoms. The molecule has 4 heteroatoms. The lowest BCUT2D eigenvalue weighted by molar-refractivity contribution is 0.363. The Morgan fingerprint density at radius 1 is 0.773 bits per heavy atom. The zero-order valence-corrected chi connectivity index (χ0v) is 13.1. The Morgan fingerprint density at radius 2 is 1.14 bits per heavy atom. The minimum atomic E-state index is -1.23. The van der Waals surface area contributed by atoms with Crippen molar-refractivity contribution in [1.82, 2.24) is 0 Å². The van der Waals surface area contributed by atoms with Crippen molar-refractivity contribution < 1.29 is 13.7 Å². The van der Waals surface area contributed by atoms with Crippen molar-refractivity contribution in [3.8, 4) is 11.5 Å². The summed E-state index contributed by atoms with van der Waals surface area (Å²) < 4.78 is 23.3. The van der Waals surface area contributed by atoms with Gasteiger partial charge < -0.3 is 9.47 Å². The summed E-state index contributed by atoms with van der Waals surface area (Å²) in [7, 11) is -1.23. The second-order valence-corrected chi connectivity index (χ2v) is 5.89. The first kappa shape index (κ1) is 16.0. The van der Waals surface area contributed by atoms with Crippen molar-refractivity contribution in [3.05, 3.63) is 73.8 Å². The molecule has 0 aliphatic rings. The van der Waals surface area contributed by atoms with E-state index in [9.17, 15) is 4.21 Å². The van der Waals surface area contributed by atoms with Crippen molar-refractivity contribution in [3.63, 3.8) is 0 Å². The summed E-state index contributed by atoms with van der Waals surface area (Å²) in [6, 6.07) is 14.4. The van der Waals surface area contributed by atoms with Gasteiger partial charge in [0, 0.05) is 9.79 Å². The Kier molecular flexibility index (Phi) is 5.98. The van der Waals surface area contributed by atoms with Crippen molar-refractivity contribution in [1.29, 1.82) is 0 Å². The van der Waals surface area contributed by atoms with Crippen LogP contribution in [0.25, 0.3) is 0 Å². The first-order valence-electron chi connectivity index (χ1n) is 6.84. The van der Waals surface area contributed by atoms with Crippen LogP contribution in [0, 0.1) is 0 Å². The van der Waals surface area contributed by atoms with Crippen molar-refractivity contribution >= 4 is 10.8 Å². The summed E-state index contributed by atoms with van der Waals surface area (Å²) >= 11 is 0. The molecule has 0 fully saturated rings.